The first-order valence-electron chi connectivity index (χ1n) is 8.00. The Morgan fingerprint density at radius 2 is 2.14 bits per heavy atom. The third-order valence-corrected chi connectivity index (χ3v) is 5.44. The van der Waals surface area contributed by atoms with Crippen LogP contribution in [0.25, 0.3) is 0 Å². The van der Waals surface area contributed by atoms with Gasteiger partial charge in [-0.25, -0.2) is 0 Å². The van der Waals surface area contributed by atoms with Crippen LogP contribution in [0.5, 0.6) is 5.75 Å². The molecule has 112 valence electrons. The van der Waals surface area contributed by atoms with Gasteiger partial charge in [0, 0.05) is 11.8 Å². The summed E-state index contributed by atoms with van der Waals surface area (Å²) in [7, 11) is 1.72. The molecule has 0 amide bonds. The number of carbonyl (C=O) groups excluding carboxylic acids is 1. The minimum absolute atomic E-state index is 0.0315. The molecule has 0 heterocycles. The maximum atomic E-state index is 12.1. The van der Waals surface area contributed by atoms with E-state index >= 15 is 0 Å². The molecule has 2 atom stereocenters. The molecule has 0 spiro atoms. The maximum Gasteiger partial charge on any atom is 0.155 e. The Bertz CT molecular complexity index is 600. The number of benzene rings is 1. The van der Waals surface area contributed by atoms with Crippen LogP contribution in [0.15, 0.2) is 29.8 Å². The Morgan fingerprint density at radius 3 is 2.86 bits per heavy atom. The van der Waals surface area contributed by atoms with Gasteiger partial charge in [-0.15, -0.1) is 0 Å². The molecule has 2 aliphatic carbocycles. The van der Waals surface area contributed by atoms with Crippen molar-refractivity contribution in [2.24, 2.45) is 5.92 Å². The summed E-state index contributed by atoms with van der Waals surface area (Å²) in [5, 5.41) is 0. The molecule has 2 nitrogen and oxygen atoms in total. The molecule has 0 aromatic heterocycles. The number of fused-ring (bicyclic) bond motifs is 3. The summed E-state index contributed by atoms with van der Waals surface area (Å²) in [6.45, 7) is 4.56. The van der Waals surface area contributed by atoms with E-state index in [4.69, 9.17) is 4.74 Å². The van der Waals surface area contributed by atoms with E-state index in [2.05, 4.69) is 32.0 Å². The normalized spacial score (nSPS) is 27.7. The third-order valence-electron chi connectivity index (χ3n) is 5.44. The van der Waals surface area contributed by atoms with E-state index in [1.165, 1.54) is 16.7 Å². The molecule has 0 aliphatic heterocycles. The SMILES string of the molecule is CCC[C@H]1CC(=O)C=C2CCc3cc(OC)ccc3[C@@]21C. The lowest BCUT2D eigenvalue weighted by atomic mass is 9.57. The molecule has 1 aromatic rings. The highest BCUT2D eigenvalue weighted by atomic mass is 16.5. The summed E-state index contributed by atoms with van der Waals surface area (Å²) in [4.78, 5) is 12.1. The van der Waals surface area contributed by atoms with Crippen molar-refractivity contribution in [3.8, 4) is 5.75 Å². The lowest BCUT2D eigenvalue weighted by molar-refractivity contribution is -0.116. The largest absolute Gasteiger partial charge is 0.497 e. The number of ketones is 1. The van der Waals surface area contributed by atoms with Crippen LogP contribution in [0.3, 0.4) is 0 Å². The van der Waals surface area contributed by atoms with Gasteiger partial charge in [0.2, 0.25) is 0 Å². The Morgan fingerprint density at radius 1 is 1.33 bits per heavy atom. The fourth-order valence-electron chi connectivity index (χ4n) is 4.26. The predicted molar refractivity (Wildman–Crippen MR) is 84.8 cm³/mol. The quantitative estimate of drug-likeness (QED) is 0.831. The van der Waals surface area contributed by atoms with Crippen LogP contribution in [-0.2, 0) is 16.6 Å². The molecule has 2 aliphatic rings. The van der Waals surface area contributed by atoms with E-state index < -0.39 is 0 Å². The van der Waals surface area contributed by atoms with E-state index in [0.717, 1.165) is 31.4 Å². The zero-order valence-electron chi connectivity index (χ0n) is 13.2. The molecular formula is C19H24O2. The molecule has 21 heavy (non-hydrogen) atoms. The van der Waals surface area contributed by atoms with Crippen LogP contribution in [0, 0.1) is 5.92 Å². The number of hydrogen-bond acceptors (Lipinski definition) is 2. The van der Waals surface area contributed by atoms with Gasteiger partial charge < -0.3 is 4.74 Å². The van der Waals surface area contributed by atoms with Gasteiger partial charge >= 0.3 is 0 Å². The highest BCUT2D eigenvalue weighted by molar-refractivity contribution is 5.92. The standard InChI is InChI=1S/C19H24O2/c1-4-5-14-11-16(20)12-15-7-6-13-10-17(21-3)8-9-18(13)19(14,15)2/h8-10,12,14H,4-7,11H2,1-3H3/t14-,19+/m0/s1. The van der Waals surface area contributed by atoms with Crippen LogP contribution in [0.4, 0.5) is 0 Å². The summed E-state index contributed by atoms with van der Waals surface area (Å²) >= 11 is 0. The second-order valence-electron chi connectivity index (χ2n) is 6.55. The van der Waals surface area contributed by atoms with Gasteiger partial charge in [0.25, 0.3) is 0 Å². The lowest BCUT2D eigenvalue weighted by Crippen LogP contribution is -2.42. The first kappa shape index (κ1) is 14.4. The topological polar surface area (TPSA) is 26.3 Å². The molecule has 0 unspecified atom stereocenters. The molecule has 0 fully saturated rings. The Labute approximate surface area is 127 Å². The minimum Gasteiger partial charge on any atom is -0.497 e. The fraction of sp³-hybridized carbons (Fsp3) is 0.526. The number of carbonyl (C=O) groups is 1. The predicted octanol–water partition coefficient (Wildman–Crippen LogP) is 4.21. The maximum absolute atomic E-state index is 12.1. The van der Waals surface area contributed by atoms with Crippen molar-refractivity contribution >= 4 is 5.78 Å². The second kappa shape index (κ2) is 5.32. The average molecular weight is 284 g/mol. The van der Waals surface area contributed by atoms with Gasteiger partial charge in [-0.3, -0.25) is 4.79 Å². The Hall–Kier alpha value is -1.57. The van der Waals surface area contributed by atoms with Crippen molar-refractivity contribution in [1.29, 1.82) is 0 Å². The van der Waals surface area contributed by atoms with Crippen LogP contribution >= 0.6 is 0 Å². The van der Waals surface area contributed by atoms with E-state index in [9.17, 15) is 4.79 Å². The van der Waals surface area contributed by atoms with E-state index in [-0.39, 0.29) is 5.41 Å². The van der Waals surface area contributed by atoms with Crippen molar-refractivity contribution in [2.75, 3.05) is 7.11 Å². The fourth-order valence-corrected chi connectivity index (χ4v) is 4.26. The molecule has 3 rings (SSSR count). The number of allylic oxidation sites excluding steroid dienone is 2. The molecule has 0 saturated heterocycles. The van der Waals surface area contributed by atoms with E-state index in [1.54, 1.807) is 7.11 Å². The Kier molecular flexibility index (Phi) is 3.64. The molecule has 2 heteroatoms. The molecule has 0 radical (unpaired) electrons. The Balaban J connectivity index is 2.13. The average Bonchev–Trinajstić information content (AvgIpc) is 2.48. The van der Waals surface area contributed by atoms with Gasteiger partial charge in [0.05, 0.1) is 7.11 Å². The van der Waals surface area contributed by atoms with Crippen molar-refractivity contribution in [1.82, 2.24) is 0 Å². The first-order valence-corrected chi connectivity index (χ1v) is 8.00. The van der Waals surface area contributed by atoms with Gasteiger partial charge in [-0.1, -0.05) is 31.9 Å². The van der Waals surface area contributed by atoms with Crippen molar-refractivity contribution in [3.63, 3.8) is 0 Å². The number of ether oxygens (including phenoxy) is 1. The van der Waals surface area contributed by atoms with Crippen LogP contribution in [0.2, 0.25) is 0 Å². The number of methoxy groups -OCH3 is 1. The van der Waals surface area contributed by atoms with Crippen LogP contribution in [0.1, 0.15) is 50.7 Å². The summed E-state index contributed by atoms with van der Waals surface area (Å²) < 4.78 is 5.37. The monoisotopic (exact) mass is 284 g/mol. The first-order chi connectivity index (χ1) is 10.1. The summed E-state index contributed by atoms with van der Waals surface area (Å²) in [5.74, 6) is 1.68. The summed E-state index contributed by atoms with van der Waals surface area (Å²) in [6.07, 6.45) is 6.89. The summed E-state index contributed by atoms with van der Waals surface area (Å²) in [6, 6.07) is 6.46. The van der Waals surface area contributed by atoms with E-state index in [0.29, 0.717) is 18.1 Å². The molecule has 0 saturated carbocycles. The molecule has 1 aromatic carbocycles. The van der Waals surface area contributed by atoms with E-state index in [1.807, 2.05) is 6.08 Å². The lowest BCUT2D eigenvalue weighted by Gasteiger charge is -2.46. The highest BCUT2D eigenvalue weighted by Crippen LogP contribution is 2.51. The zero-order valence-corrected chi connectivity index (χ0v) is 13.2. The van der Waals surface area contributed by atoms with Gasteiger partial charge in [-0.05, 0) is 54.5 Å². The van der Waals surface area contributed by atoms with Gasteiger partial charge in [-0.2, -0.15) is 0 Å². The smallest absolute Gasteiger partial charge is 0.155 e. The highest BCUT2D eigenvalue weighted by Gasteiger charge is 2.45. The zero-order chi connectivity index (χ0) is 15.0. The number of rotatable bonds is 3. The van der Waals surface area contributed by atoms with Gasteiger partial charge in [0.15, 0.2) is 5.78 Å². The minimum atomic E-state index is 0.0315. The molecule has 0 N–H and O–H groups in total. The summed E-state index contributed by atoms with van der Waals surface area (Å²) in [5.41, 5.74) is 4.18. The van der Waals surface area contributed by atoms with Crippen molar-refractivity contribution in [2.45, 2.75) is 51.4 Å². The van der Waals surface area contributed by atoms with Gasteiger partial charge in [0.1, 0.15) is 5.75 Å². The number of hydrogen-bond donors (Lipinski definition) is 0. The molecular weight excluding hydrogens is 260 g/mol. The van der Waals surface area contributed by atoms with Crippen molar-refractivity contribution in [3.05, 3.63) is 41.0 Å². The molecule has 0 bridgehead atoms. The van der Waals surface area contributed by atoms with Crippen LogP contribution in [-0.4, -0.2) is 12.9 Å². The third kappa shape index (κ3) is 2.21. The van der Waals surface area contributed by atoms with Crippen LogP contribution < -0.4 is 4.74 Å². The second-order valence-corrected chi connectivity index (χ2v) is 6.55. The van der Waals surface area contributed by atoms with Crippen molar-refractivity contribution < 1.29 is 9.53 Å². The number of aryl methyl sites for hydroxylation is 1.